The zero-order valence-corrected chi connectivity index (χ0v) is 9.03. The molecule has 1 aromatic carbocycles. The monoisotopic (exact) mass is 194 g/mol. The van der Waals surface area contributed by atoms with E-state index in [4.69, 9.17) is 5.11 Å². The number of carboxylic acids is 1. The minimum Gasteiger partial charge on any atom is -0.481 e. The first-order valence-corrected chi connectivity index (χ1v) is 4.75. The Balaban J connectivity index is 0.000000241. The summed E-state index contributed by atoms with van der Waals surface area (Å²) >= 11 is 0. The predicted octanol–water partition coefficient (Wildman–Crippen LogP) is 3.11. The van der Waals surface area contributed by atoms with Crippen LogP contribution in [-0.2, 0) is 4.79 Å². The summed E-state index contributed by atoms with van der Waals surface area (Å²) in [5, 5.41) is 8.08. The van der Waals surface area contributed by atoms with Crippen LogP contribution in [0.25, 0.3) is 0 Å². The van der Waals surface area contributed by atoms with Crippen molar-refractivity contribution in [2.75, 3.05) is 0 Å². The van der Waals surface area contributed by atoms with E-state index in [0.29, 0.717) is 0 Å². The summed E-state index contributed by atoms with van der Waals surface area (Å²) in [6, 6.07) is 10.3. The molecule has 0 unspecified atom stereocenters. The molecular formula is C12H18O2. The highest BCUT2D eigenvalue weighted by atomic mass is 16.4. The van der Waals surface area contributed by atoms with Crippen molar-refractivity contribution < 1.29 is 9.90 Å². The minimum absolute atomic E-state index is 0.275. The van der Waals surface area contributed by atoms with Crippen LogP contribution in [0.5, 0.6) is 0 Å². The molecule has 0 saturated heterocycles. The molecule has 78 valence electrons. The molecule has 0 spiro atoms. The zero-order chi connectivity index (χ0) is 11.0. The molecule has 1 N–H and O–H groups in total. The van der Waals surface area contributed by atoms with Gasteiger partial charge in [0.2, 0.25) is 0 Å². The summed E-state index contributed by atoms with van der Waals surface area (Å²) in [6.07, 6.45) is 0.278. The lowest BCUT2D eigenvalue weighted by atomic mass is 10.1. The third kappa shape index (κ3) is 8.78. The molecule has 0 amide bonds. The average molecular weight is 194 g/mol. The van der Waals surface area contributed by atoms with Gasteiger partial charge in [0.05, 0.1) is 0 Å². The van der Waals surface area contributed by atoms with Gasteiger partial charge in [-0.05, 0) is 12.8 Å². The van der Waals surface area contributed by atoms with Crippen molar-refractivity contribution in [2.45, 2.75) is 27.2 Å². The van der Waals surface area contributed by atoms with Crippen molar-refractivity contribution in [3.05, 3.63) is 35.9 Å². The van der Waals surface area contributed by atoms with Crippen molar-refractivity contribution in [2.24, 2.45) is 5.92 Å². The van der Waals surface area contributed by atoms with Gasteiger partial charge in [0.1, 0.15) is 0 Å². The number of carboxylic acid groups (broad SMARTS) is 1. The number of carbonyl (C=O) groups is 1. The summed E-state index contributed by atoms with van der Waals surface area (Å²) in [5.41, 5.74) is 1.32. The van der Waals surface area contributed by atoms with Crippen molar-refractivity contribution in [1.82, 2.24) is 0 Å². The van der Waals surface area contributed by atoms with Crippen LogP contribution in [0.4, 0.5) is 0 Å². The Morgan fingerprint density at radius 3 is 1.93 bits per heavy atom. The second kappa shape index (κ2) is 7.13. The van der Waals surface area contributed by atoms with Crippen molar-refractivity contribution in [3.8, 4) is 0 Å². The van der Waals surface area contributed by atoms with E-state index in [1.54, 1.807) is 0 Å². The molecular weight excluding hydrogens is 176 g/mol. The van der Waals surface area contributed by atoms with Gasteiger partial charge < -0.3 is 5.11 Å². The lowest BCUT2D eigenvalue weighted by molar-refractivity contribution is -0.137. The van der Waals surface area contributed by atoms with Crippen LogP contribution in [0.3, 0.4) is 0 Å². The molecule has 0 fully saturated rings. The molecule has 0 aliphatic carbocycles. The number of benzene rings is 1. The molecule has 1 aromatic rings. The van der Waals surface area contributed by atoms with Gasteiger partial charge in [-0.3, -0.25) is 4.79 Å². The number of aryl methyl sites for hydroxylation is 1. The lowest BCUT2D eigenvalue weighted by Gasteiger charge is -1.94. The van der Waals surface area contributed by atoms with Crippen LogP contribution < -0.4 is 0 Å². The average Bonchev–Trinajstić information content (AvgIpc) is 2.03. The summed E-state index contributed by atoms with van der Waals surface area (Å²) in [5.74, 6) is -0.438. The minimum atomic E-state index is -0.713. The summed E-state index contributed by atoms with van der Waals surface area (Å²) in [6.45, 7) is 5.85. The van der Waals surface area contributed by atoms with Gasteiger partial charge in [-0.15, -0.1) is 0 Å². The molecule has 1 rings (SSSR count). The second-order valence-corrected chi connectivity index (χ2v) is 3.65. The molecule has 0 saturated carbocycles. The highest BCUT2D eigenvalue weighted by molar-refractivity contribution is 5.66. The molecule has 0 radical (unpaired) electrons. The Hall–Kier alpha value is -1.31. The van der Waals surface area contributed by atoms with Crippen LogP contribution >= 0.6 is 0 Å². The largest absolute Gasteiger partial charge is 0.481 e. The summed E-state index contributed by atoms with van der Waals surface area (Å²) < 4.78 is 0. The Bertz CT molecular complexity index is 252. The van der Waals surface area contributed by atoms with E-state index in [-0.39, 0.29) is 12.3 Å². The molecule has 0 heterocycles. The first-order valence-electron chi connectivity index (χ1n) is 4.75. The van der Waals surface area contributed by atoms with Gasteiger partial charge in [0, 0.05) is 6.42 Å². The van der Waals surface area contributed by atoms with Crippen LogP contribution in [-0.4, -0.2) is 11.1 Å². The maximum atomic E-state index is 9.81. The first-order chi connectivity index (χ1) is 6.52. The number of hydrogen-bond donors (Lipinski definition) is 1. The molecule has 0 aliphatic heterocycles. The van der Waals surface area contributed by atoms with Gasteiger partial charge in [-0.2, -0.15) is 0 Å². The molecule has 2 heteroatoms. The summed E-state index contributed by atoms with van der Waals surface area (Å²) in [4.78, 5) is 9.81. The maximum Gasteiger partial charge on any atom is 0.303 e. The van der Waals surface area contributed by atoms with E-state index in [0.717, 1.165) is 0 Å². The van der Waals surface area contributed by atoms with Crippen LogP contribution in [0.15, 0.2) is 30.3 Å². The van der Waals surface area contributed by atoms with E-state index < -0.39 is 5.97 Å². The maximum absolute atomic E-state index is 9.81. The van der Waals surface area contributed by atoms with Gasteiger partial charge in [-0.25, -0.2) is 0 Å². The smallest absolute Gasteiger partial charge is 0.303 e. The highest BCUT2D eigenvalue weighted by Gasteiger charge is 1.98. The SMILES string of the molecule is CC(C)CC(=O)O.Cc1ccccc1. The fourth-order valence-corrected chi connectivity index (χ4v) is 0.884. The topological polar surface area (TPSA) is 37.3 Å². The van der Waals surface area contributed by atoms with E-state index in [1.807, 2.05) is 32.0 Å². The van der Waals surface area contributed by atoms with Gasteiger partial charge in [-0.1, -0.05) is 49.7 Å². The van der Waals surface area contributed by atoms with E-state index in [9.17, 15) is 4.79 Å². The van der Waals surface area contributed by atoms with E-state index in [2.05, 4.69) is 19.1 Å². The molecule has 2 nitrogen and oxygen atoms in total. The molecule has 0 aliphatic rings. The molecule has 14 heavy (non-hydrogen) atoms. The van der Waals surface area contributed by atoms with Crippen LogP contribution in [0, 0.1) is 12.8 Å². The van der Waals surface area contributed by atoms with Crippen molar-refractivity contribution >= 4 is 5.97 Å². The Kier molecular flexibility index (Phi) is 6.46. The first kappa shape index (κ1) is 12.7. The molecule has 0 aromatic heterocycles. The second-order valence-electron chi connectivity index (χ2n) is 3.65. The Morgan fingerprint density at radius 1 is 1.29 bits per heavy atom. The number of rotatable bonds is 2. The predicted molar refractivity (Wildman–Crippen MR) is 58.3 cm³/mol. The molecule has 0 bridgehead atoms. The van der Waals surface area contributed by atoms with Gasteiger partial charge >= 0.3 is 5.97 Å². The van der Waals surface area contributed by atoms with Crippen LogP contribution in [0.1, 0.15) is 25.8 Å². The zero-order valence-electron chi connectivity index (χ0n) is 9.03. The van der Waals surface area contributed by atoms with E-state index in [1.165, 1.54) is 5.56 Å². The Morgan fingerprint density at radius 2 is 1.79 bits per heavy atom. The quantitative estimate of drug-likeness (QED) is 0.785. The van der Waals surface area contributed by atoms with Gasteiger partial charge in [0.25, 0.3) is 0 Å². The molecule has 0 atom stereocenters. The normalized spacial score (nSPS) is 9.14. The highest BCUT2D eigenvalue weighted by Crippen LogP contribution is 1.96. The number of hydrogen-bond acceptors (Lipinski definition) is 1. The van der Waals surface area contributed by atoms with E-state index >= 15 is 0 Å². The Labute approximate surface area is 85.6 Å². The fourth-order valence-electron chi connectivity index (χ4n) is 0.884. The number of aliphatic carboxylic acids is 1. The van der Waals surface area contributed by atoms with Gasteiger partial charge in [0.15, 0.2) is 0 Å². The summed E-state index contributed by atoms with van der Waals surface area (Å²) in [7, 11) is 0. The standard InChI is InChI=1S/C7H8.C5H10O2/c1-7-5-3-2-4-6-7;1-4(2)3-5(6)7/h2-6H,1H3;4H,3H2,1-2H3,(H,6,7). The van der Waals surface area contributed by atoms with Crippen LogP contribution in [0.2, 0.25) is 0 Å². The van der Waals surface area contributed by atoms with Crippen molar-refractivity contribution in [3.63, 3.8) is 0 Å². The fraction of sp³-hybridized carbons (Fsp3) is 0.417. The van der Waals surface area contributed by atoms with Crippen molar-refractivity contribution in [1.29, 1.82) is 0 Å². The third-order valence-corrected chi connectivity index (χ3v) is 1.52. The third-order valence-electron chi connectivity index (χ3n) is 1.52. The lowest BCUT2D eigenvalue weighted by Crippen LogP contribution is -1.99.